The highest BCUT2D eigenvalue weighted by atomic mass is 19.4. The van der Waals surface area contributed by atoms with E-state index in [4.69, 9.17) is 0 Å². The molecule has 0 radical (unpaired) electrons. The first-order valence-corrected chi connectivity index (χ1v) is 12.6. The lowest BCUT2D eigenvalue weighted by Gasteiger charge is -2.26. The number of rotatable bonds is 8. The molecular formula is C27H31F6N3O. The van der Waals surface area contributed by atoms with Crippen molar-refractivity contribution in [3.05, 3.63) is 70.3 Å². The van der Waals surface area contributed by atoms with Gasteiger partial charge in [0.1, 0.15) is 6.04 Å². The van der Waals surface area contributed by atoms with Gasteiger partial charge in [-0.15, -0.1) is 0 Å². The number of hydrogen-bond donors (Lipinski definition) is 2. The fourth-order valence-corrected chi connectivity index (χ4v) is 5.29. The summed E-state index contributed by atoms with van der Waals surface area (Å²) in [7, 11) is 0. The van der Waals surface area contributed by atoms with E-state index in [1.165, 1.54) is 32.1 Å². The standard InChI is InChI=1S/C27H31F6N3O/c28-26(29,30)21-12-19(13-22(14-21)27(31,32)33)16-35-25(37)24-23-9-5-4-8-20(23)17-36(24)11-10-34-15-18-6-2-1-3-7-18/h4-5,8-9,12-14,18,24,34H,1-3,6-7,10-11,15-17H2,(H,35,37). The molecule has 1 saturated carbocycles. The number of alkyl halides is 6. The minimum absolute atomic E-state index is 0.0839. The Morgan fingerprint density at radius 2 is 1.57 bits per heavy atom. The zero-order valence-corrected chi connectivity index (χ0v) is 20.4. The Morgan fingerprint density at radius 3 is 2.22 bits per heavy atom. The zero-order valence-electron chi connectivity index (χ0n) is 20.4. The second-order valence-electron chi connectivity index (χ2n) is 9.91. The molecule has 1 unspecified atom stereocenters. The van der Waals surface area contributed by atoms with Gasteiger partial charge in [-0.05, 0) is 60.2 Å². The van der Waals surface area contributed by atoms with Crippen LogP contribution in [-0.2, 0) is 30.2 Å². The fourth-order valence-electron chi connectivity index (χ4n) is 5.29. The van der Waals surface area contributed by atoms with E-state index < -0.39 is 42.0 Å². The molecule has 2 aromatic carbocycles. The predicted octanol–water partition coefficient (Wildman–Crippen LogP) is 6.07. The number of carbonyl (C=O) groups is 1. The Morgan fingerprint density at radius 1 is 0.919 bits per heavy atom. The van der Waals surface area contributed by atoms with Crippen LogP contribution in [0, 0.1) is 5.92 Å². The highest BCUT2D eigenvalue weighted by Gasteiger charge is 2.38. The molecule has 10 heteroatoms. The summed E-state index contributed by atoms with van der Waals surface area (Å²) in [6, 6.07) is 8.15. The van der Waals surface area contributed by atoms with Gasteiger partial charge in [-0.2, -0.15) is 26.3 Å². The van der Waals surface area contributed by atoms with Crippen molar-refractivity contribution in [3.8, 4) is 0 Å². The van der Waals surface area contributed by atoms with Crippen LogP contribution in [-0.4, -0.2) is 30.4 Å². The monoisotopic (exact) mass is 527 g/mol. The largest absolute Gasteiger partial charge is 0.416 e. The van der Waals surface area contributed by atoms with Crippen molar-refractivity contribution < 1.29 is 31.1 Å². The van der Waals surface area contributed by atoms with Crippen LogP contribution in [0.15, 0.2) is 42.5 Å². The van der Waals surface area contributed by atoms with E-state index in [0.717, 1.165) is 17.7 Å². The highest BCUT2D eigenvalue weighted by molar-refractivity contribution is 5.84. The molecule has 1 aliphatic carbocycles. The molecule has 37 heavy (non-hydrogen) atoms. The van der Waals surface area contributed by atoms with E-state index in [-0.39, 0.29) is 11.6 Å². The number of amides is 1. The summed E-state index contributed by atoms with van der Waals surface area (Å²) in [4.78, 5) is 15.2. The number of halogens is 6. The minimum atomic E-state index is -4.94. The van der Waals surface area contributed by atoms with E-state index >= 15 is 0 Å². The molecule has 2 aromatic rings. The van der Waals surface area contributed by atoms with Gasteiger partial charge in [0.2, 0.25) is 5.91 Å². The third kappa shape index (κ3) is 7.04. The van der Waals surface area contributed by atoms with Gasteiger partial charge in [0, 0.05) is 26.2 Å². The number of nitrogens with zero attached hydrogens (tertiary/aromatic N) is 1. The van der Waals surface area contributed by atoms with Crippen molar-refractivity contribution >= 4 is 5.91 Å². The minimum Gasteiger partial charge on any atom is -0.350 e. The van der Waals surface area contributed by atoms with Gasteiger partial charge in [-0.25, -0.2) is 0 Å². The van der Waals surface area contributed by atoms with E-state index in [1.54, 1.807) is 0 Å². The first-order chi connectivity index (χ1) is 17.5. The molecule has 4 rings (SSSR count). The summed E-state index contributed by atoms with van der Waals surface area (Å²) >= 11 is 0. The van der Waals surface area contributed by atoms with Gasteiger partial charge in [0.15, 0.2) is 0 Å². The van der Waals surface area contributed by atoms with E-state index in [2.05, 4.69) is 10.6 Å². The lowest BCUT2D eigenvalue weighted by molar-refractivity contribution is -0.143. The third-order valence-electron chi connectivity index (χ3n) is 7.18. The number of hydrogen-bond acceptors (Lipinski definition) is 3. The molecule has 2 aliphatic rings. The van der Waals surface area contributed by atoms with Crippen molar-refractivity contribution in [1.29, 1.82) is 0 Å². The van der Waals surface area contributed by atoms with Gasteiger partial charge in [-0.1, -0.05) is 43.5 Å². The summed E-state index contributed by atoms with van der Waals surface area (Å²) < 4.78 is 79.2. The van der Waals surface area contributed by atoms with E-state index in [1.807, 2.05) is 29.2 Å². The maximum atomic E-state index is 13.2. The van der Waals surface area contributed by atoms with Crippen LogP contribution in [0.4, 0.5) is 26.3 Å². The Balaban J connectivity index is 1.43. The normalized spacial score (nSPS) is 19.1. The molecule has 1 heterocycles. The van der Waals surface area contributed by atoms with Crippen LogP contribution in [0.5, 0.6) is 0 Å². The van der Waals surface area contributed by atoms with Gasteiger partial charge in [0.05, 0.1) is 11.1 Å². The summed E-state index contributed by atoms with van der Waals surface area (Å²) in [5.41, 5.74) is -1.28. The fraction of sp³-hybridized carbons (Fsp3) is 0.519. The Hall–Kier alpha value is -2.59. The smallest absolute Gasteiger partial charge is 0.350 e. The Kier molecular flexibility index (Phi) is 8.48. The maximum absolute atomic E-state index is 13.2. The summed E-state index contributed by atoms with van der Waals surface area (Å²) in [5, 5.41) is 6.06. The molecule has 0 spiro atoms. The molecule has 1 atom stereocenters. The molecular weight excluding hydrogens is 496 g/mol. The third-order valence-corrected chi connectivity index (χ3v) is 7.18. The van der Waals surface area contributed by atoms with Gasteiger partial charge < -0.3 is 10.6 Å². The van der Waals surface area contributed by atoms with Gasteiger partial charge in [0.25, 0.3) is 0 Å². The quantitative estimate of drug-likeness (QED) is 0.324. The SMILES string of the molecule is O=C(NCc1cc(C(F)(F)F)cc(C(F)(F)F)c1)C1c2ccccc2CN1CCNCC1CCCCC1. The highest BCUT2D eigenvalue weighted by Crippen LogP contribution is 2.37. The van der Waals surface area contributed by atoms with E-state index in [0.29, 0.717) is 37.7 Å². The topological polar surface area (TPSA) is 44.4 Å². The molecule has 0 saturated heterocycles. The summed E-state index contributed by atoms with van der Waals surface area (Å²) in [6.45, 7) is 2.28. The van der Waals surface area contributed by atoms with E-state index in [9.17, 15) is 31.1 Å². The lowest BCUT2D eigenvalue weighted by atomic mass is 9.89. The van der Waals surface area contributed by atoms with Crippen molar-refractivity contribution in [2.24, 2.45) is 5.92 Å². The van der Waals surface area contributed by atoms with Crippen LogP contribution >= 0.6 is 0 Å². The number of nitrogens with one attached hydrogen (secondary N) is 2. The Labute approximate surface area is 212 Å². The summed E-state index contributed by atoms with van der Waals surface area (Å²) in [6.07, 6.45) is -3.63. The maximum Gasteiger partial charge on any atom is 0.416 e. The first-order valence-electron chi connectivity index (χ1n) is 12.6. The molecule has 0 bridgehead atoms. The average Bonchev–Trinajstić information content (AvgIpc) is 3.23. The van der Waals surface area contributed by atoms with Crippen molar-refractivity contribution in [2.75, 3.05) is 19.6 Å². The number of carbonyl (C=O) groups excluding carboxylic acids is 1. The average molecular weight is 528 g/mol. The van der Waals surface area contributed by atoms with Crippen LogP contribution in [0.3, 0.4) is 0 Å². The van der Waals surface area contributed by atoms with Crippen molar-refractivity contribution in [1.82, 2.24) is 15.5 Å². The summed E-state index contributed by atoms with van der Waals surface area (Å²) in [5.74, 6) is 0.209. The lowest BCUT2D eigenvalue weighted by Crippen LogP contribution is -2.40. The van der Waals surface area contributed by atoms with Gasteiger partial charge in [-0.3, -0.25) is 9.69 Å². The molecule has 4 nitrogen and oxygen atoms in total. The van der Waals surface area contributed by atoms with Crippen LogP contribution < -0.4 is 10.6 Å². The van der Waals surface area contributed by atoms with Crippen molar-refractivity contribution in [2.45, 2.75) is 63.6 Å². The molecule has 1 fully saturated rings. The molecule has 1 aliphatic heterocycles. The predicted molar refractivity (Wildman–Crippen MR) is 127 cm³/mol. The molecule has 1 amide bonds. The Bertz CT molecular complexity index is 1050. The van der Waals surface area contributed by atoms with Crippen LogP contribution in [0.2, 0.25) is 0 Å². The molecule has 202 valence electrons. The zero-order chi connectivity index (χ0) is 26.6. The number of fused-ring (bicyclic) bond motifs is 1. The molecule has 2 N–H and O–H groups in total. The number of benzene rings is 2. The second kappa shape index (κ2) is 11.4. The van der Waals surface area contributed by atoms with Crippen LogP contribution in [0.25, 0.3) is 0 Å². The van der Waals surface area contributed by atoms with Crippen molar-refractivity contribution in [3.63, 3.8) is 0 Å². The van der Waals surface area contributed by atoms with Crippen LogP contribution in [0.1, 0.15) is 66.0 Å². The van der Waals surface area contributed by atoms with Gasteiger partial charge >= 0.3 is 12.4 Å². The first kappa shape index (κ1) is 27.4. The second-order valence-corrected chi connectivity index (χ2v) is 9.91. The molecule has 0 aromatic heterocycles.